The van der Waals surface area contributed by atoms with Crippen LogP contribution in [0.2, 0.25) is 5.02 Å². The van der Waals surface area contributed by atoms with Gasteiger partial charge in [-0.15, -0.1) is 10.2 Å². The summed E-state index contributed by atoms with van der Waals surface area (Å²) in [5.74, 6) is 1.11. The highest BCUT2D eigenvalue weighted by molar-refractivity contribution is 6.30. The van der Waals surface area contributed by atoms with Gasteiger partial charge < -0.3 is 9.64 Å². The predicted molar refractivity (Wildman–Crippen MR) is 134 cm³/mol. The lowest BCUT2D eigenvalue weighted by Crippen LogP contribution is -2.53. The summed E-state index contributed by atoms with van der Waals surface area (Å²) in [6.45, 7) is 6.51. The van der Waals surface area contributed by atoms with Crippen molar-refractivity contribution in [2.24, 2.45) is 0 Å². The Labute approximate surface area is 214 Å². The van der Waals surface area contributed by atoms with Gasteiger partial charge in [-0.1, -0.05) is 17.7 Å². The number of hydrogen-bond donors (Lipinski definition) is 0. The maximum Gasteiger partial charge on any atom is 0.246 e. The van der Waals surface area contributed by atoms with Crippen LogP contribution < -0.4 is 4.74 Å². The predicted octanol–water partition coefficient (Wildman–Crippen LogP) is 3.17. The van der Waals surface area contributed by atoms with Gasteiger partial charge in [0.25, 0.3) is 0 Å². The van der Waals surface area contributed by atoms with Crippen molar-refractivity contribution in [1.82, 2.24) is 35.0 Å². The van der Waals surface area contributed by atoms with Crippen molar-refractivity contribution in [3.8, 4) is 5.75 Å². The molecule has 9 nitrogen and oxygen atoms in total. The fourth-order valence-corrected chi connectivity index (χ4v) is 4.35. The Bertz CT molecular complexity index is 1200. The summed E-state index contributed by atoms with van der Waals surface area (Å²) < 4.78 is 17.5. The largest absolute Gasteiger partial charge is 0.489 e. The smallest absolute Gasteiger partial charge is 0.246 e. The van der Waals surface area contributed by atoms with Gasteiger partial charge >= 0.3 is 0 Å². The zero-order valence-corrected chi connectivity index (χ0v) is 21.1. The van der Waals surface area contributed by atoms with Crippen molar-refractivity contribution in [3.63, 3.8) is 0 Å². The number of aromatic nitrogens is 5. The van der Waals surface area contributed by atoms with E-state index in [9.17, 15) is 9.18 Å². The summed E-state index contributed by atoms with van der Waals surface area (Å²) in [4.78, 5) is 23.1. The SMILES string of the molecule is Cc1nnn(Cc2cc(Cl)ccc2/C=C/C(=O)N2CCN(Cc3ccc(OCC[18F])cn3)C[C@H]2C)n1. The minimum Gasteiger partial charge on any atom is -0.489 e. The van der Waals surface area contributed by atoms with Crippen LogP contribution in [0.4, 0.5) is 4.39 Å². The molecule has 3 aromatic rings. The number of nitrogens with zero attached hydrogens (tertiary/aromatic N) is 7. The van der Waals surface area contributed by atoms with Gasteiger partial charge in [-0.3, -0.25) is 14.7 Å². The Morgan fingerprint density at radius 3 is 2.81 bits per heavy atom. The molecular weight excluding hydrogens is 484 g/mol. The first kappa shape index (κ1) is 25.7. The van der Waals surface area contributed by atoms with Crippen LogP contribution in [0.5, 0.6) is 5.75 Å². The number of rotatable bonds is 9. The van der Waals surface area contributed by atoms with Gasteiger partial charge in [0, 0.05) is 43.3 Å². The number of benzene rings is 1. The molecular formula is C25H29ClFN7O2. The molecule has 1 atom stereocenters. The van der Waals surface area contributed by atoms with E-state index in [1.54, 1.807) is 31.3 Å². The average molecular weight is 513 g/mol. The Hall–Kier alpha value is -3.37. The number of ether oxygens (including phenoxy) is 1. The summed E-state index contributed by atoms with van der Waals surface area (Å²) in [5, 5.41) is 12.8. The molecule has 0 radical (unpaired) electrons. The third-order valence-electron chi connectivity index (χ3n) is 5.90. The highest BCUT2D eigenvalue weighted by atomic mass is 35.5. The Kier molecular flexibility index (Phi) is 8.61. The summed E-state index contributed by atoms with van der Waals surface area (Å²) in [7, 11) is 0. The van der Waals surface area contributed by atoms with E-state index in [0.717, 1.165) is 29.9 Å². The molecule has 1 amide bonds. The number of amides is 1. The van der Waals surface area contributed by atoms with Crippen molar-refractivity contribution < 1.29 is 13.9 Å². The number of pyridine rings is 1. The number of carbonyl (C=O) groups is 1. The van der Waals surface area contributed by atoms with Crippen molar-refractivity contribution in [2.75, 3.05) is 32.9 Å². The first-order chi connectivity index (χ1) is 17.4. The third kappa shape index (κ3) is 6.86. The summed E-state index contributed by atoms with van der Waals surface area (Å²) in [6.07, 6.45) is 5.04. The van der Waals surface area contributed by atoms with Crippen LogP contribution in [0.15, 0.2) is 42.6 Å². The second-order valence-corrected chi connectivity index (χ2v) is 9.12. The van der Waals surface area contributed by atoms with Crippen molar-refractivity contribution in [1.29, 1.82) is 0 Å². The first-order valence-electron chi connectivity index (χ1n) is 11.8. The zero-order valence-electron chi connectivity index (χ0n) is 20.3. The molecule has 1 aromatic carbocycles. The number of halogens is 2. The van der Waals surface area contributed by atoms with Crippen molar-refractivity contribution in [3.05, 3.63) is 70.3 Å². The lowest BCUT2D eigenvalue weighted by Gasteiger charge is -2.39. The summed E-state index contributed by atoms with van der Waals surface area (Å²) in [6, 6.07) is 9.27. The quantitative estimate of drug-likeness (QED) is 0.407. The van der Waals surface area contributed by atoms with E-state index < -0.39 is 6.67 Å². The van der Waals surface area contributed by atoms with Gasteiger partial charge in [0.15, 0.2) is 5.82 Å². The second kappa shape index (κ2) is 12.0. The molecule has 36 heavy (non-hydrogen) atoms. The molecule has 0 unspecified atom stereocenters. The maximum atomic E-state index is 13.0. The van der Waals surface area contributed by atoms with E-state index in [1.807, 2.05) is 36.1 Å². The molecule has 1 fully saturated rings. The molecule has 0 saturated carbocycles. The number of piperazine rings is 1. The monoisotopic (exact) mass is 512 g/mol. The number of tetrazole rings is 1. The number of alkyl halides is 1. The molecule has 3 heterocycles. The highest BCUT2D eigenvalue weighted by Gasteiger charge is 2.26. The molecule has 11 heteroatoms. The molecule has 0 spiro atoms. The minimum atomic E-state index is -0.529. The molecule has 1 aliphatic heterocycles. The van der Waals surface area contributed by atoms with Crippen molar-refractivity contribution >= 4 is 23.6 Å². The first-order valence-corrected chi connectivity index (χ1v) is 12.2. The lowest BCUT2D eigenvalue weighted by atomic mass is 10.1. The Balaban J connectivity index is 1.34. The Morgan fingerprint density at radius 1 is 1.25 bits per heavy atom. The average Bonchev–Trinajstić information content (AvgIpc) is 3.27. The molecule has 0 bridgehead atoms. The second-order valence-electron chi connectivity index (χ2n) is 8.68. The van der Waals surface area contributed by atoms with Crippen LogP contribution in [0, 0.1) is 6.92 Å². The third-order valence-corrected chi connectivity index (χ3v) is 6.13. The topological polar surface area (TPSA) is 89.3 Å². The number of carbonyl (C=O) groups excluding carboxylic acids is 1. The highest BCUT2D eigenvalue weighted by Crippen LogP contribution is 2.20. The molecule has 4 rings (SSSR count). The van der Waals surface area contributed by atoms with E-state index in [1.165, 1.54) is 4.80 Å². The van der Waals surface area contributed by atoms with Crippen LogP contribution in [-0.2, 0) is 17.9 Å². The van der Waals surface area contributed by atoms with Crippen LogP contribution in [-0.4, -0.2) is 79.9 Å². The number of aryl methyl sites for hydroxylation is 1. The van der Waals surface area contributed by atoms with E-state index in [2.05, 4.69) is 25.3 Å². The van der Waals surface area contributed by atoms with Crippen LogP contribution in [0.1, 0.15) is 29.6 Å². The van der Waals surface area contributed by atoms with Gasteiger partial charge in [-0.05, 0) is 60.5 Å². The van der Waals surface area contributed by atoms with Gasteiger partial charge in [-0.25, -0.2) is 4.39 Å². The van der Waals surface area contributed by atoms with E-state index in [-0.39, 0.29) is 18.6 Å². The molecule has 0 aliphatic carbocycles. The zero-order chi connectivity index (χ0) is 25.5. The molecule has 190 valence electrons. The number of hydrogen-bond acceptors (Lipinski definition) is 7. The normalized spacial score (nSPS) is 16.6. The van der Waals surface area contributed by atoms with E-state index in [4.69, 9.17) is 16.3 Å². The molecule has 0 N–H and O–H groups in total. The summed E-state index contributed by atoms with van der Waals surface area (Å²) >= 11 is 6.20. The van der Waals surface area contributed by atoms with Crippen molar-refractivity contribution in [2.45, 2.75) is 33.0 Å². The van der Waals surface area contributed by atoms with Crippen LogP contribution in [0.25, 0.3) is 6.08 Å². The fraction of sp³-hybridized carbons (Fsp3) is 0.400. The molecule has 1 saturated heterocycles. The summed E-state index contributed by atoms with van der Waals surface area (Å²) in [5.41, 5.74) is 2.68. The standard InChI is InChI=1S/C25H29ClFN7O2/c1-18-15-32(17-23-6-7-24(14-28-23)36-12-9-27)10-11-33(18)25(35)8-4-20-3-5-22(26)13-21(20)16-34-30-19(2)29-31-34/h3-8,13-14,18H,9-12,15-17H2,1-2H3/b8-4+/t18-/m1/s1/i27-1. The fourth-order valence-electron chi connectivity index (χ4n) is 4.15. The maximum absolute atomic E-state index is 13.0. The van der Waals surface area contributed by atoms with Gasteiger partial charge in [0.05, 0.1) is 18.4 Å². The van der Waals surface area contributed by atoms with E-state index in [0.29, 0.717) is 36.2 Å². The van der Waals surface area contributed by atoms with Crippen LogP contribution >= 0.6 is 11.6 Å². The van der Waals surface area contributed by atoms with Crippen LogP contribution in [0.3, 0.4) is 0 Å². The van der Waals surface area contributed by atoms with Gasteiger partial charge in [0.2, 0.25) is 5.91 Å². The van der Waals surface area contributed by atoms with Gasteiger partial charge in [0.1, 0.15) is 19.0 Å². The van der Waals surface area contributed by atoms with Gasteiger partial charge in [-0.2, -0.15) is 4.80 Å². The molecule has 2 aromatic heterocycles. The van der Waals surface area contributed by atoms with E-state index >= 15 is 0 Å². The molecule has 1 aliphatic rings. The minimum absolute atomic E-state index is 0.0288. The Morgan fingerprint density at radius 2 is 2.11 bits per heavy atom. The lowest BCUT2D eigenvalue weighted by molar-refractivity contribution is -0.130.